The fraction of sp³-hybridized carbons (Fsp3) is 0.292. The number of nitrogens with one attached hydrogen (secondary N) is 1. The summed E-state index contributed by atoms with van der Waals surface area (Å²) in [6.45, 7) is 5.95. The summed E-state index contributed by atoms with van der Waals surface area (Å²) in [5.41, 5.74) is 4.87. The summed E-state index contributed by atoms with van der Waals surface area (Å²) in [6, 6.07) is 12.5. The summed E-state index contributed by atoms with van der Waals surface area (Å²) >= 11 is 0. The molecule has 0 spiro atoms. The number of fused-ring (bicyclic) bond motifs is 1. The summed E-state index contributed by atoms with van der Waals surface area (Å²) in [6.07, 6.45) is 3.27. The Kier molecular flexibility index (Phi) is 4.82. The first kappa shape index (κ1) is 19.1. The van der Waals surface area contributed by atoms with Gasteiger partial charge in [-0.25, -0.2) is 0 Å². The maximum Gasteiger partial charge on any atom is 0.255 e. The van der Waals surface area contributed by atoms with Gasteiger partial charge in [0.25, 0.3) is 5.91 Å². The normalized spacial score (nSPS) is 21.1. The van der Waals surface area contributed by atoms with E-state index in [1.165, 1.54) is 4.90 Å². The molecule has 1 aliphatic carbocycles. The highest BCUT2D eigenvalue weighted by Crippen LogP contribution is 2.39. The number of carbonyl (C=O) groups excluding carboxylic acids is 3. The standard InChI is InChI=1S/C24H24N2O3/c1-14-10-11-19-20(12-14)24(29)26(23(19)28)18-8-5-7-17(13-18)22(27)25-21-9-4-6-15(2)16(21)3/h4-10,13,19-20H,11-12H2,1-3H3,(H,25,27)/t19-,20+/m1/s1. The number of anilines is 2. The number of nitrogens with zero attached hydrogens (tertiary/aromatic N) is 1. The van der Waals surface area contributed by atoms with Gasteiger partial charge >= 0.3 is 0 Å². The number of imide groups is 1. The molecule has 1 saturated heterocycles. The van der Waals surface area contributed by atoms with Crippen LogP contribution in [-0.2, 0) is 9.59 Å². The van der Waals surface area contributed by atoms with E-state index in [2.05, 4.69) is 5.32 Å². The quantitative estimate of drug-likeness (QED) is 0.626. The van der Waals surface area contributed by atoms with Crippen LogP contribution < -0.4 is 10.2 Å². The monoisotopic (exact) mass is 388 g/mol. The number of hydrogen-bond donors (Lipinski definition) is 1. The van der Waals surface area contributed by atoms with Gasteiger partial charge in [0.15, 0.2) is 0 Å². The Labute approximate surface area is 170 Å². The largest absolute Gasteiger partial charge is 0.322 e. The molecule has 3 amide bonds. The number of amides is 3. The Morgan fingerprint density at radius 3 is 2.52 bits per heavy atom. The topological polar surface area (TPSA) is 66.5 Å². The molecule has 29 heavy (non-hydrogen) atoms. The molecule has 0 aromatic heterocycles. The van der Waals surface area contributed by atoms with E-state index in [4.69, 9.17) is 0 Å². The van der Waals surface area contributed by atoms with Crippen molar-refractivity contribution in [2.75, 3.05) is 10.2 Å². The van der Waals surface area contributed by atoms with Crippen molar-refractivity contribution in [3.8, 4) is 0 Å². The van der Waals surface area contributed by atoms with Crippen molar-refractivity contribution in [1.82, 2.24) is 0 Å². The van der Waals surface area contributed by atoms with E-state index in [1.54, 1.807) is 24.3 Å². The lowest BCUT2D eigenvalue weighted by atomic mass is 9.82. The van der Waals surface area contributed by atoms with Crippen LogP contribution >= 0.6 is 0 Å². The maximum absolute atomic E-state index is 12.9. The van der Waals surface area contributed by atoms with E-state index in [0.717, 1.165) is 22.4 Å². The number of aryl methyl sites for hydroxylation is 1. The van der Waals surface area contributed by atoms with E-state index >= 15 is 0 Å². The molecule has 1 N–H and O–H groups in total. The van der Waals surface area contributed by atoms with Crippen LogP contribution in [0, 0.1) is 25.7 Å². The lowest BCUT2D eigenvalue weighted by Crippen LogP contribution is -2.31. The van der Waals surface area contributed by atoms with Crippen molar-refractivity contribution in [3.63, 3.8) is 0 Å². The van der Waals surface area contributed by atoms with E-state index in [0.29, 0.717) is 24.1 Å². The van der Waals surface area contributed by atoms with Gasteiger partial charge in [-0.1, -0.05) is 29.8 Å². The molecular formula is C24H24N2O3. The Morgan fingerprint density at radius 2 is 1.72 bits per heavy atom. The third-order valence-electron chi connectivity index (χ3n) is 6.04. The third kappa shape index (κ3) is 3.37. The first-order valence-corrected chi connectivity index (χ1v) is 9.88. The van der Waals surface area contributed by atoms with Crippen LogP contribution in [0.5, 0.6) is 0 Å². The number of hydrogen-bond acceptors (Lipinski definition) is 3. The van der Waals surface area contributed by atoms with Crippen LogP contribution in [0.2, 0.25) is 0 Å². The van der Waals surface area contributed by atoms with Crippen molar-refractivity contribution in [2.24, 2.45) is 11.8 Å². The summed E-state index contributed by atoms with van der Waals surface area (Å²) in [5.74, 6) is -1.19. The highest BCUT2D eigenvalue weighted by molar-refractivity contribution is 6.22. The van der Waals surface area contributed by atoms with Crippen molar-refractivity contribution in [2.45, 2.75) is 33.6 Å². The fourth-order valence-electron chi connectivity index (χ4n) is 4.16. The van der Waals surface area contributed by atoms with Gasteiger partial charge in [-0.05, 0) is 69.0 Å². The summed E-state index contributed by atoms with van der Waals surface area (Å²) in [5, 5.41) is 2.93. The molecule has 5 nitrogen and oxygen atoms in total. The Bertz CT molecular complexity index is 1050. The minimum atomic E-state index is -0.293. The molecule has 0 bridgehead atoms. The molecule has 0 unspecified atom stereocenters. The second-order valence-corrected chi connectivity index (χ2v) is 7.97. The Balaban J connectivity index is 1.59. The number of allylic oxidation sites excluding steroid dienone is 2. The average Bonchev–Trinajstić information content (AvgIpc) is 2.95. The molecule has 1 fully saturated rings. The average molecular weight is 388 g/mol. The van der Waals surface area contributed by atoms with E-state index in [9.17, 15) is 14.4 Å². The van der Waals surface area contributed by atoms with Crippen molar-refractivity contribution in [3.05, 3.63) is 70.8 Å². The first-order chi connectivity index (χ1) is 13.9. The summed E-state index contributed by atoms with van der Waals surface area (Å²) < 4.78 is 0. The van der Waals surface area contributed by atoms with Crippen molar-refractivity contribution in [1.29, 1.82) is 0 Å². The lowest BCUT2D eigenvalue weighted by Gasteiger charge is -2.18. The predicted octanol–water partition coefficient (Wildman–Crippen LogP) is 4.40. The van der Waals surface area contributed by atoms with Crippen LogP contribution in [0.1, 0.15) is 41.3 Å². The van der Waals surface area contributed by atoms with Gasteiger partial charge in [-0.15, -0.1) is 0 Å². The van der Waals surface area contributed by atoms with E-state index < -0.39 is 0 Å². The van der Waals surface area contributed by atoms with Crippen LogP contribution in [0.25, 0.3) is 0 Å². The summed E-state index contributed by atoms with van der Waals surface area (Å²) in [7, 11) is 0. The van der Waals surface area contributed by atoms with E-state index in [1.807, 2.05) is 45.0 Å². The molecule has 1 aliphatic heterocycles. The van der Waals surface area contributed by atoms with Gasteiger partial charge < -0.3 is 5.32 Å². The zero-order valence-corrected chi connectivity index (χ0v) is 16.9. The third-order valence-corrected chi connectivity index (χ3v) is 6.04. The molecule has 2 atom stereocenters. The molecule has 148 valence electrons. The lowest BCUT2D eigenvalue weighted by molar-refractivity contribution is -0.122. The van der Waals surface area contributed by atoms with Gasteiger partial charge in [0, 0.05) is 11.3 Å². The van der Waals surface area contributed by atoms with Gasteiger partial charge in [0.2, 0.25) is 11.8 Å². The van der Waals surface area contributed by atoms with Crippen LogP contribution in [-0.4, -0.2) is 17.7 Å². The minimum absolute atomic E-state index is 0.167. The predicted molar refractivity (Wildman–Crippen MR) is 113 cm³/mol. The van der Waals surface area contributed by atoms with Gasteiger partial charge in [-0.2, -0.15) is 0 Å². The Morgan fingerprint density at radius 1 is 1.00 bits per heavy atom. The molecule has 5 heteroatoms. The first-order valence-electron chi connectivity index (χ1n) is 9.88. The van der Waals surface area contributed by atoms with Crippen molar-refractivity contribution < 1.29 is 14.4 Å². The highest BCUT2D eigenvalue weighted by atomic mass is 16.2. The maximum atomic E-state index is 12.9. The second-order valence-electron chi connectivity index (χ2n) is 7.97. The molecule has 2 aliphatic rings. The number of benzene rings is 2. The van der Waals surface area contributed by atoms with Crippen LogP contribution in [0.15, 0.2) is 54.1 Å². The minimum Gasteiger partial charge on any atom is -0.322 e. The molecular weight excluding hydrogens is 364 g/mol. The highest BCUT2D eigenvalue weighted by Gasteiger charge is 2.48. The molecule has 0 saturated carbocycles. The van der Waals surface area contributed by atoms with Crippen LogP contribution in [0.4, 0.5) is 11.4 Å². The van der Waals surface area contributed by atoms with Gasteiger partial charge in [0.1, 0.15) is 0 Å². The molecule has 2 aromatic carbocycles. The molecule has 0 radical (unpaired) electrons. The zero-order chi connectivity index (χ0) is 20.7. The molecule has 4 rings (SSSR count). The van der Waals surface area contributed by atoms with E-state index in [-0.39, 0.29) is 29.6 Å². The summed E-state index contributed by atoms with van der Waals surface area (Å²) in [4.78, 5) is 39.9. The smallest absolute Gasteiger partial charge is 0.255 e. The number of rotatable bonds is 3. The molecule has 1 heterocycles. The second kappa shape index (κ2) is 7.32. The van der Waals surface area contributed by atoms with Gasteiger partial charge in [0.05, 0.1) is 17.5 Å². The van der Waals surface area contributed by atoms with Gasteiger partial charge in [-0.3, -0.25) is 19.3 Å². The fourth-order valence-corrected chi connectivity index (χ4v) is 4.16. The number of carbonyl (C=O) groups is 3. The zero-order valence-electron chi connectivity index (χ0n) is 16.9. The Hall–Kier alpha value is -3.21. The van der Waals surface area contributed by atoms with Crippen LogP contribution in [0.3, 0.4) is 0 Å². The molecule has 2 aromatic rings. The van der Waals surface area contributed by atoms with Crippen molar-refractivity contribution >= 4 is 29.1 Å². The SMILES string of the molecule is CC1=CC[C@H]2C(=O)N(c3cccc(C(=O)Nc4cccc(C)c4C)c3)C(=O)[C@H]2C1.